The zero-order chi connectivity index (χ0) is 12.0. The molecule has 1 aromatic rings. The summed E-state index contributed by atoms with van der Waals surface area (Å²) in [4.78, 5) is 0. The maximum absolute atomic E-state index is 4.20. The molecule has 1 aromatic heterocycles. The first-order valence-corrected chi connectivity index (χ1v) is 6.47. The summed E-state index contributed by atoms with van der Waals surface area (Å²) < 4.78 is 1.96. The molecule has 0 aliphatic heterocycles. The van der Waals surface area contributed by atoms with E-state index in [2.05, 4.69) is 44.2 Å². The van der Waals surface area contributed by atoms with E-state index in [1.165, 1.54) is 19.3 Å². The number of hydrogen-bond donors (Lipinski definition) is 0. The molecule has 0 N–H and O–H groups in total. The lowest BCUT2D eigenvalue weighted by atomic mass is 10.0. The third-order valence-corrected chi connectivity index (χ3v) is 2.60. The summed E-state index contributed by atoms with van der Waals surface area (Å²) >= 11 is 0. The Hall–Kier alpha value is -0.860. The number of aromatic nitrogens is 3. The summed E-state index contributed by atoms with van der Waals surface area (Å²) in [6.45, 7) is 9.92. The Kier molecular flexibility index (Phi) is 5.50. The fraction of sp³-hybridized carbons (Fsp3) is 0.846. The minimum absolute atomic E-state index is 0.635. The van der Waals surface area contributed by atoms with Crippen molar-refractivity contribution in [2.45, 2.75) is 59.9 Å². The SMILES string of the molecule is CC(C)CCCCc1cn(CC(C)C)nn1. The summed E-state index contributed by atoms with van der Waals surface area (Å²) in [5.41, 5.74) is 1.14. The Morgan fingerprint density at radius 2 is 1.88 bits per heavy atom. The van der Waals surface area contributed by atoms with Gasteiger partial charge in [0.2, 0.25) is 0 Å². The molecule has 0 fully saturated rings. The molecule has 0 bridgehead atoms. The Morgan fingerprint density at radius 1 is 1.12 bits per heavy atom. The van der Waals surface area contributed by atoms with Crippen LogP contribution in [0.5, 0.6) is 0 Å². The Morgan fingerprint density at radius 3 is 2.50 bits per heavy atom. The fourth-order valence-corrected chi connectivity index (χ4v) is 1.78. The molecule has 16 heavy (non-hydrogen) atoms. The number of aryl methyl sites for hydroxylation is 1. The molecule has 0 saturated heterocycles. The molecule has 0 aromatic carbocycles. The first-order valence-electron chi connectivity index (χ1n) is 6.47. The van der Waals surface area contributed by atoms with Crippen molar-refractivity contribution in [3.05, 3.63) is 11.9 Å². The van der Waals surface area contributed by atoms with Gasteiger partial charge in [0, 0.05) is 12.7 Å². The van der Waals surface area contributed by atoms with Gasteiger partial charge in [-0.2, -0.15) is 0 Å². The number of unbranched alkanes of at least 4 members (excludes halogenated alkanes) is 1. The largest absolute Gasteiger partial charge is 0.252 e. The summed E-state index contributed by atoms with van der Waals surface area (Å²) in [6, 6.07) is 0. The zero-order valence-corrected chi connectivity index (χ0v) is 11.1. The lowest BCUT2D eigenvalue weighted by molar-refractivity contribution is 0.472. The van der Waals surface area contributed by atoms with Crippen LogP contribution in [0.15, 0.2) is 6.20 Å². The lowest BCUT2D eigenvalue weighted by Crippen LogP contribution is -2.04. The molecule has 92 valence electrons. The molecular formula is C13H25N3. The topological polar surface area (TPSA) is 30.7 Å². The molecule has 0 aliphatic carbocycles. The van der Waals surface area contributed by atoms with Gasteiger partial charge in [-0.05, 0) is 24.7 Å². The Bertz CT molecular complexity index is 289. The van der Waals surface area contributed by atoms with Crippen LogP contribution in [0, 0.1) is 11.8 Å². The molecule has 1 heterocycles. The van der Waals surface area contributed by atoms with Crippen molar-refractivity contribution in [1.29, 1.82) is 0 Å². The van der Waals surface area contributed by atoms with E-state index in [0.29, 0.717) is 5.92 Å². The Labute approximate surface area is 99.2 Å². The highest BCUT2D eigenvalue weighted by Crippen LogP contribution is 2.09. The second-order valence-corrected chi connectivity index (χ2v) is 5.47. The van der Waals surface area contributed by atoms with Crippen molar-refractivity contribution >= 4 is 0 Å². The minimum Gasteiger partial charge on any atom is -0.252 e. The monoisotopic (exact) mass is 223 g/mol. The van der Waals surface area contributed by atoms with Gasteiger partial charge in [0.25, 0.3) is 0 Å². The predicted octanol–water partition coefficient (Wildman–Crippen LogP) is 3.30. The highest BCUT2D eigenvalue weighted by Gasteiger charge is 2.02. The van der Waals surface area contributed by atoms with Crippen molar-refractivity contribution in [2.24, 2.45) is 11.8 Å². The van der Waals surface area contributed by atoms with Gasteiger partial charge in [-0.25, -0.2) is 0 Å². The van der Waals surface area contributed by atoms with Gasteiger partial charge in [0.1, 0.15) is 0 Å². The van der Waals surface area contributed by atoms with Crippen molar-refractivity contribution in [3.8, 4) is 0 Å². The molecule has 0 saturated carbocycles. The summed E-state index contributed by atoms with van der Waals surface area (Å²) in [5.74, 6) is 1.45. The predicted molar refractivity (Wildman–Crippen MR) is 67.3 cm³/mol. The molecule has 0 radical (unpaired) electrons. The molecule has 0 spiro atoms. The minimum atomic E-state index is 0.635. The van der Waals surface area contributed by atoms with E-state index in [9.17, 15) is 0 Å². The van der Waals surface area contributed by atoms with Gasteiger partial charge in [0.05, 0.1) is 5.69 Å². The summed E-state index contributed by atoms with van der Waals surface area (Å²) in [7, 11) is 0. The molecule has 3 heteroatoms. The van der Waals surface area contributed by atoms with Gasteiger partial charge in [-0.1, -0.05) is 45.7 Å². The Balaban J connectivity index is 2.24. The van der Waals surface area contributed by atoms with Gasteiger partial charge < -0.3 is 0 Å². The van der Waals surface area contributed by atoms with Gasteiger partial charge in [0.15, 0.2) is 0 Å². The molecule has 3 nitrogen and oxygen atoms in total. The van der Waals surface area contributed by atoms with Crippen LogP contribution in [0.25, 0.3) is 0 Å². The van der Waals surface area contributed by atoms with Crippen LogP contribution in [0.4, 0.5) is 0 Å². The molecular weight excluding hydrogens is 198 g/mol. The third-order valence-electron chi connectivity index (χ3n) is 2.60. The van der Waals surface area contributed by atoms with Crippen LogP contribution < -0.4 is 0 Å². The van der Waals surface area contributed by atoms with Crippen molar-refractivity contribution in [2.75, 3.05) is 0 Å². The average Bonchev–Trinajstić information content (AvgIpc) is 2.59. The van der Waals surface area contributed by atoms with E-state index in [4.69, 9.17) is 0 Å². The zero-order valence-electron chi connectivity index (χ0n) is 11.1. The van der Waals surface area contributed by atoms with Crippen molar-refractivity contribution in [1.82, 2.24) is 15.0 Å². The standard InChI is InChI=1S/C13H25N3/c1-11(2)7-5-6-8-13-10-16(15-14-13)9-12(3)4/h10-12H,5-9H2,1-4H3. The first-order chi connectivity index (χ1) is 7.58. The maximum atomic E-state index is 4.20. The van der Waals surface area contributed by atoms with Gasteiger partial charge in [-0.3, -0.25) is 4.68 Å². The van der Waals surface area contributed by atoms with Crippen LogP contribution in [-0.4, -0.2) is 15.0 Å². The van der Waals surface area contributed by atoms with Crippen LogP contribution in [0.3, 0.4) is 0 Å². The normalized spacial score (nSPS) is 11.6. The van der Waals surface area contributed by atoms with Crippen molar-refractivity contribution in [3.63, 3.8) is 0 Å². The van der Waals surface area contributed by atoms with E-state index >= 15 is 0 Å². The van der Waals surface area contributed by atoms with Crippen LogP contribution in [-0.2, 0) is 13.0 Å². The van der Waals surface area contributed by atoms with E-state index in [1.807, 2.05) is 4.68 Å². The molecule has 0 unspecified atom stereocenters. The molecule has 0 atom stereocenters. The lowest BCUT2D eigenvalue weighted by Gasteiger charge is -2.03. The molecule has 0 aliphatic rings. The molecule has 0 amide bonds. The number of rotatable bonds is 7. The second-order valence-electron chi connectivity index (χ2n) is 5.47. The maximum Gasteiger partial charge on any atom is 0.0827 e. The quantitative estimate of drug-likeness (QED) is 0.664. The van der Waals surface area contributed by atoms with E-state index in [-0.39, 0.29) is 0 Å². The van der Waals surface area contributed by atoms with Crippen LogP contribution in [0.2, 0.25) is 0 Å². The van der Waals surface area contributed by atoms with Crippen molar-refractivity contribution < 1.29 is 0 Å². The first kappa shape index (κ1) is 13.2. The highest BCUT2D eigenvalue weighted by molar-refractivity contribution is 4.92. The highest BCUT2D eigenvalue weighted by atomic mass is 15.4. The third kappa shape index (κ3) is 5.29. The van der Waals surface area contributed by atoms with E-state index < -0.39 is 0 Å². The number of hydrogen-bond acceptors (Lipinski definition) is 2. The average molecular weight is 223 g/mol. The van der Waals surface area contributed by atoms with E-state index in [1.54, 1.807) is 0 Å². The van der Waals surface area contributed by atoms with Gasteiger partial charge >= 0.3 is 0 Å². The summed E-state index contributed by atoms with van der Waals surface area (Å²) in [5, 5.41) is 8.34. The van der Waals surface area contributed by atoms with Crippen LogP contribution in [0.1, 0.15) is 52.7 Å². The summed E-state index contributed by atoms with van der Waals surface area (Å²) in [6.07, 6.45) is 7.02. The fourth-order valence-electron chi connectivity index (χ4n) is 1.78. The smallest absolute Gasteiger partial charge is 0.0827 e. The molecule has 1 rings (SSSR count). The second kappa shape index (κ2) is 6.66. The van der Waals surface area contributed by atoms with E-state index in [0.717, 1.165) is 24.6 Å². The van der Waals surface area contributed by atoms with Crippen LogP contribution >= 0.6 is 0 Å². The number of nitrogens with zero attached hydrogens (tertiary/aromatic N) is 3. The van der Waals surface area contributed by atoms with Gasteiger partial charge in [-0.15, -0.1) is 5.10 Å².